The summed E-state index contributed by atoms with van der Waals surface area (Å²) in [6, 6.07) is 12.4. The highest BCUT2D eigenvalue weighted by Crippen LogP contribution is 2.40. The Morgan fingerprint density at radius 1 is 0.500 bits per heavy atom. The van der Waals surface area contributed by atoms with Gasteiger partial charge in [0.25, 0.3) is 0 Å². The number of aryl methyl sites for hydroxylation is 2. The third-order valence-electron chi connectivity index (χ3n) is 7.85. The van der Waals surface area contributed by atoms with Crippen LogP contribution in [-0.4, -0.2) is 22.6 Å². The second-order valence-corrected chi connectivity index (χ2v) is 15.8. The summed E-state index contributed by atoms with van der Waals surface area (Å²) in [4.78, 5) is 9.86. The van der Waals surface area contributed by atoms with Crippen LogP contribution in [0.4, 0.5) is 11.4 Å². The molecule has 0 aliphatic heterocycles. The van der Waals surface area contributed by atoms with Gasteiger partial charge in [-0.15, -0.1) is 0 Å². The van der Waals surface area contributed by atoms with Crippen LogP contribution in [0.2, 0.25) is 0 Å². The fourth-order valence-corrected chi connectivity index (χ4v) is 4.90. The van der Waals surface area contributed by atoms with Gasteiger partial charge in [0.15, 0.2) is 0 Å². The molecule has 0 radical (unpaired) electrons. The van der Waals surface area contributed by atoms with Crippen LogP contribution in [0.25, 0.3) is 0 Å². The summed E-state index contributed by atoms with van der Waals surface area (Å²) in [7, 11) is 0. The van der Waals surface area contributed by atoms with Gasteiger partial charge in [0.1, 0.15) is 11.5 Å². The molecule has 2 N–H and O–H groups in total. The predicted octanol–water partition coefficient (Wildman–Crippen LogP) is 10.4. The first kappa shape index (κ1) is 33.1. The smallest absolute Gasteiger partial charge is 0.128 e. The Morgan fingerprint density at radius 3 is 1.07 bits per heavy atom. The maximum Gasteiger partial charge on any atom is 0.128 e. The molecule has 4 nitrogen and oxygen atoms in total. The van der Waals surface area contributed by atoms with Crippen LogP contribution in [0.1, 0.15) is 128 Å². The first-order valence-electron chi connectivity index (χ1n) is 15.0. The summed E-state index contributed by atoms with van der Waals surface area (Å²) in [6.45, 7) is 29.8. The lowest BCUT2D eigenvalue weighted by Gasteiger charge is -2.27. The monoisotopic (exact) mass is 568 g/mol. The molecule has 0 saturated heterocycles. The van der Waals surface area contributed by atoms with Gasteiger partial charge in [-0.25, -0.2) is 0 Å². The molecule has 3 rings (SSSR count). The van der Waals surface area contributed by atoms with Gasteiger partial charge in [0.05, 0.1) is 11.4 Å². The van der Waals surface area contributed by atoms with Gasteiger partial charge in [0.2, 0.25) is 0 Å². The van der Waals surface area contributed by atoms with Crippen molar-refractivity contribution < 1.29 is 10.2 Å². The van der Waals surface area contributed by atoms with E-state index >= 15 is 0 Å². The molecule has 42 heavy (non-hydrogen) atoms. The lowest BCUT2D eigenvalue weighted by molar-refractivity contribution is 0.443. The van der Waals surface area contributed by atoms with E-state index in [2.05, 4.69) is 95.2 Å². The Kier molecular flexibility index (Phi) is 8.95. The van der Waals surface area contributed by atoms with E-state index in [0.29, 0.717) is 11.1 Å². The lowest BCUT2D eigenvalue weighted by Crippen LogP contribution is -2.17. The molecule has 226 valence electrons. The van der Waals surface area contributed by atoms with E-state index in [0.717, 1.165) is 44.8 Å². The van der Waals surface area contributed by atoms with Crippen LogP contribution >= 0.6 is 0 Å². The average molecular weight is 569 g/mol. The van der Waals surface area contributed by atoms with Crippen LogP contribution in [0, 0.1) is 13.8 Å². The minimum atomic E-state index is -0.224. The number of aliphatic imine (C=N–C) groups is 2. The van der Waals surface area contributed by atoms with Crippen molar-refractivity contribution in [3.8, 4) is 11.5 Å². The Bertz CT molecular complexity index is 1410. The van der Waals surface area contributed by atoms with E-state index in [1.165, 1.54) is 0 Å². The number of rotatable bonds is 4. The first-order chi connectivity index (χ1) is 19.0. The number of hydrogen-bond acceptors (Lipinski definition) is 4. The quantitative estimate of drug-likeness (QED) is 0.307. The molecule has 0 heterocycles. The molecule has 0 atom stereocenters. The van der Waals surface area contributed by atoms with Crippen LogP contribution in [0.3, 0.4) is 0 Å². The van der Waals surface area contributed by atoms with Crippen LogP contribution in [0.5, 0.6) is 11.5 Å². The molecular weight excluding hydrogens is 516 g/mol. The molecule has 3 aromatic rings. The van der Waals surface area contributed by atoms with E-state index in [4.69, 9.17) is 9.98 Å². The molecular formula is C38H52N2O2. The highest BCUT2D eigenvalue weighted by atomic mass is 16.3. The zero-order valence-electron chi connectivity index (χ0n) is 28.4. The second kappa shape index (κ2) is 11.4. The van der Waals surface area contributed by atoms with Crippen molar-refractivity contribution in [3.05, 3.63) is 80.9 Å². The molecule has 0 amide bonds. The normalized spacial score (nSPS) is 13.5. The third kappa shape index (κ3) is 7.32. The van der Waals surface area contributed by atoms with Crippen LogP contribution in [-0.2, 0) is 21.7 Å². The maximum atomic E-state index is 11.3. The van der Waals surface area contributed by atoms with Gasteiger partial charge in [-0.3, -0.25) is 9.98 Å². The Balaban J connectivity index is 2.21. The number of hydrogen-bond donors (Lipinski definition) is 2. The summed E-state index contributed by atoms with van der Waals surface area (Å²) in [5, 5.41) is 22.6. The summed E-state index contributed by atoms with van der Waals surface area (Å²) in [6.07, 6.45) is 3.52. The molecule has 0 unspecified atom stereocenters. The van der Waals surface area contributed by atoms with E-state index in [1.54, 1.807) is 12.4 Å². The number of phenolic OH excluding ortho intramolecular Hbond substituents is 2. The van der Waals surface area contributed by atoms with E-state index < -0.39 is 0 Å². The minimum Gasteiger partial charge on any atom is -0.507 e. The van der Waals surface area contributed by atoms with Gasteiger partial charge >= 0.3 is 0 Å². The molecule has 0 aliphatic rings. The van der Waals surface area contributed by atoms with Gasteiger partial charge in [0, 0.05) is 34.7 Å². The largest absolute Gasteiger partial charge is 0.507 e. The summed E-state index contributed by atoms with van der Waals surface area (Å²) < 4.78 is 0. The Hall–Kier alpha value is -3.40. The van der Waals surface area contributed by atoms with Gasteiger partial charge in [-0.05, 0) is 69.9 Å². The zero-order valence-corrected chi connectivity index (χ0v) is 28.4. The second-order valence-electron chi connectivity index (χ2n) is 15.8. The predicted molar refractivity (Wildman–Crippen MR) is 181 cm³/mol. The molecule has 0 fully saturated rings. The van der Waals surface area contributed by atoms with Crippen molar-refractivity contribution in [2.75, 3.05) is 0 Å². The molecule has 4 heteroatoms. The van der Waals surface area contributed by atoms with Gasteiger partial charge in [-0.2, -0.15) is 0 Å². The molecule has 0 aliphatic carbocycles. The van der Waals surface area contributed by atoms with Crippen LogP contribution in [0.15, 0.2) is 46.4 Å². The van der Waals surface area contributed by atoms with Crippen molar-refractivity contribution in [1.29, 1.82) is 0 Å². The number of phenols is 2. The maximum absolute atomic E-state index is 11.3. The molecule has 0 aromatic heterocycles. The first-order valence-corrected chi connectivity index (χ1v) is 15.0. The SMILES string of the molecule is Cc1ccc(C)c(N=Cc2cc(C(C)(C)C)cc(C(C)(C)C)c2O)c1N=Cc1cc(C(C)(C)C)cc(C(C)(C)C)c1O. The number of aromatic hydroxyl groups is 2. The van der Waals surface area contributed by atoms with E-state index in [9.17, 15) is 10.2 Å². The summed E-state index contributed by atoms with van der Waals surface area (Å²) in [5.41, 5.74) is 8.31. The number of nitrogens with zero attached hydrogens (tertiary/aromatic N) is 2. The molecule has 0 saturated carbocycles. The summed E-state index contributed by atoms with van der Waals surface area (Å²) >= 11 is 0. The Morgan fingerprint density at radius 2 is 0.810 bits per heavy atom. The van der Waals surface area contributed by atoms with E-state index in [-0.39, 0.29) is 33.2 Å². The average Bonchev–Trinajstić information content (AvgIpc) is 2.82. The summed E-state index contributed by atoms with van der Waals surface area (Å²) in [5.74, 6) is 0.515. The standard InChI is InChI=1S/C38H52N2O2/c1-23-15-16-24(2)32(40-22-26-18-28(36(6,7)8)20-30(34(26)42)38(12,13)14)31(23)39-21-25-17-27(35(3,4)5)19-29(33(25)41)37(9,10)11/h15-22,41-42H,1-14H3. The molecule has 0 spiro atoms. The lowest BCUT2D eigenvalue weighted by atomic mass is 9.79. The fourth-order valence-electron chi connectivity index (χ4n) is 4.90. The molecule has 0 bridgehead atoms. The number of benzene rings is 3. The topological polar surface area (TPSA) is 65.2 Å². The zero-order chi connectivity index (χ0) is 32.0. The molecule has 3 aromatic carbocycles. The van der Waals surface area contributed by atoms with Gasteiger partial charge < -0.3 is 10.2 Å². The van der Waals surface area contributed by atoms with Crippen molar-refractivity contribution >= 4 is 23.8 Å². The highest BCUT2D eigenvalue weighted by Gasteiger charge is 2.26. The van der Waals surface area contributed by atoms with Crippen molar-refractivity contribution in [1.82, 2.24) is 0 Å². The van der Waals surface area contributed by atoms with Crippen molar-refractivity contribution in [3.63, 3.8) is 0 Å². The fraction of sp³-hybridized carbons (Fsp3) is 0.474. The minimum absolute atomic E-state index is 0.0828. The van der Waals surface area contributed by atoms with Crippen LogP contribution < -0.4 is 0 Å². The Labute approximate surface area is 254 Å². The van der Waals surface area contributed by atoms with Crippen molar-refractivity contribution in [2.24, 2.45) is 9.98 Å². The van der Waals surface area contributed by atoms with Crippen molar-refractivity contribution in [2.45, 2.75) is 119 Å². The third-order valence-corrected chi connectivity index (χ3v) is 7.85. The van der Waals surface area contributed by atoms with Gasteiger partial charge in [-0.1, -0.05) is 107 Å². The highest BCUT2D eigenvalue weighted by molar-refractivity contribution is 5.92. The van der Waals surface area contributed by atoms with E-state index in [1.807, 2.05) is 38.1 Å².